The zero-order chi connectivity index (χ0) is 17.6. The Kier molecular flexibility index (Phi) is 5.73. The summed E-state index contributed by atoms with van der Waals surface area (Å²) in [4.78, 5) is 17.7. The van der Waals surface area contributed by atoms with E-state index in [4.69, 9.17) is 8.83 Å². The number of aryl methyl sites for hydroxylation is 1. The van der Waals surface area contributed by atoms with Crippen molar-refractivity contribution >= 4 is 17.2 Å². The number of furan rings is 2. The van der Waals surface area contributed by atoms with Crippen molar-refractivity contribution in [3.63, 3.8) is 0 Å². The first-order valence-electron chi connectivity index (χ1n) is 8.16. The standard InChI is InChI=1S/C19H22N2O3S/c1-15-7-8-17(24-15)11-20(2)19(22)14-21(12-16-5-3-9-23-16)13-18-6-4-10-25-18/h3-10H,11-14H2,1-2H3. The van der Waals surface area contributed by atoms with Gasteiger partial charge in [0.2, 0.25) is 5.91 Å². The third kappa shape index (κ3) is 5.08. The first kappa shape index (κ1) is 17.5. The molecule has 0 unspecified atom stereocenters. The highest BCUT2D eigenvalue weighted by Crippen LogP contribution is 2.15. The maximum Gasteiger partial charge on any atom is 0.236 e. The summed E-state index contributed by atoms with van der Waals surface area (Å²) < 4.78 is 11.0. The van der Waals surface area contributed by atoms with Crippen LogP contribution >= 0.6 is 11.3 Å². The molecule has 6 heteroatoms. The van der Waals surface area contributed by atoms with Crippen LogP contribution in [0.3, 0.4) is 0 Å². The third-order valence-electron chi connectivity index (χ3n) is 3.89. The summed E-state index contributed by atoms with van der Waals surface area (Å²) in [6, 6.07) is 11.7. The van der Waals surface area contributed by atoms with Crippen molar-refractivity contribution < 1.29 is 13.6 Å². The molecule has 0 atom stereocenters. The molecule has 1 amide bonds. The van der Waals surface area contributed by atoms with Gasteiger partial charge in [-0.1, -0.05) is 6.07 Å². The van der Waals surface area contributed by atoms with Crippen molar-refractivity contribution in [2.75, 3.05) is 13.6 Å². The smallest absolute Gasteiger partial charge is 0.236 e. The van der Waals surface area contributed by atoms with Crippen molar-refractivity contribution in [2.45, 2.75) is 26.6 Å². The number of amides is 1. The van der Waals surface area contributed by atoms with E-state index in [1.807, 2.05) is 42.6 Å². The number of rotatable bonds is 8. The van der Waals surface area contributed by atoms with Crippen LogP contribution in [-0.2, 0) is 24.4 Å². The highest BCUT2D eigenvalue weighted by atomic mass is 32.1. The summed E-state index contributed by atoms with van der Waals surface area (Å²) >= 11 is 1.69. The van der Waals surface area contributed by atoms with E-state index in [1.165, 1.54) is 4.88 Å². The Morgan fingerprint density at radius 2 is 1.96 bits per heavy atom. The lowest BCUT2D eigenvalue weighted by Crippen LogP contribution is -2.37. The SMILES string of the molecule is Cc1ccc(CN(C)C(=O)CN(Cc2ccco2)Cc2cccs2)o1. The molecular weight excluding hydrogens is 336 g/mol. The van der Waals surface area contributed by atoms with Crippen molar-refractivity contribution in [3.05, 3.63) is 70.2 Å². The van der Waals surface area contributed by atoms with Gasteiger partial charge in [-0.25, -0.2) is 0 Å². The molecular formula is C19H22N2O3S. The number of nitrogens with zero attached hydrogens (tertiary/aromatic N) is 2. The second-order valence-corrected chi connectivity index (χ2v) is 7.10. The van der Waals surface area contributed by atoms with E-state index in [9.17, 15) is 4.79 Å². The molecule has 3 heterocycles. The molecule has 0 aliphatic heterocycles. The average molecular weight is 358 g/mol. The first-order valence-corrected chi connectivity index (χ1v) is 9.04. The van der Waals surface area contributed by atoms with E-state index in [0.29, 0.717) is 19.6 Å². The second-order valence-electron chi connectivity index (χ2n) is 6.07. The van der Waals surface area contributed by atoms with Gasteiger partial charge >= 0.3 is 0 Å². The fraction of sp³-hybridized carbons (Fsp3) is 0.316. The normalized spacial score (nSPS) is 11.2. The van der Waals surface area contributed by atoms with Gasteiger partial charge in [0.15, 0.2) is 0 Å². The molecule has 0 aliphatic rings. The molecule has 25 heavy (non-hydrogen) atoms. The zero-order valence-corrected chi connectivity index (χ0v) is 15.3. The van der Waals surface area contributed by atoms with Crippen LogP contribution < -0.4 is 0 Å². The summed E-state index contributed by atoms with van der Waals surface area (Å²) in [5.41, 5.74) is 0. The van der Waals surface area contributed by atoms with Gasteiger partial charge in [-0.2, -0.15) is 0 Å². The summed E-state index contributed by atoms with van der Waals surface area (Å²) in [5, 5.41) is 2.05. The second kappa shape index (κ2) is 8.18. The third-order valence-corrected chi connectivity index (χ3v) is 4.75. The Labute approximate surface area is 151 Å². The Bertz CT molecular complexity index is 741. The van der Waals surface area contributed by atoms with E-state index in [1.54, 1.807) is 29.5 Å². The summed E-state index contributed by atoms with van der Waals surface area (Å²) in [6.45, 7) is 4.02. The van der Waals surface area contributed by atoms with Gasteiger partial charge in [0.1, 0.15) is 17.3 Å². The zero-order valence-electron chi connectivity index (χ0n) is 14.5. The molecule has 132 valence electrons. The van der Waals surface area contributed by atoms with Crippen LogP contribution in [-0.4, -0.2) is 29.3 Å². The Morgan fingerprint density at radius 1 is 1.08 bits per heavy atom. The van der Waals surface area contributed by atoms with E-state index in [-0.39, 0.29) is 5.91 Å². The molecule has 0 N–H and O–H groups in total. The number of hydrogen-bond donors (Lipinski definition) is 0. The number of carbonyl (C=O) groups excluding carboxylic acids is 1. The van der Waals surface area contributed by atoms with Crippen LogP contribution in [0.2, 0.25) is 0 Å². The number of hydrogen-bond acceptors (Lipinski definition) is 5. The maximum atomic E-state index is 12.6. The lowest BCUT2D eigenvalue weighted by Gasteiger charge is -2.23. The van der Waals surface area contributed by atoms with E-state index in [0.717, 1.165) is 23.8 Å². The monoisotopic (exact) mass is 358 g/mol. The Morgan fingerprint density at radius 3 is 2.60 bits per heavy atom. The van der Waals surface area contributed by atoms with Gasteiger partial charge < -0.3 is 13.7 Å². The molecule has 3 aromatic rings. The fourth-order valence-corrected chi connectivity index (χ4v) is 3.36. The molecule has 0 aliphatic carbocycles. The van der Waals surface area contributed by atoms with Crippen molar-refractivity contribution in [1.29, 1.82) is 0 Å². The molecule has 0 fully saturated rings. The minimum Gasteiger partial charge on any atom is -0.468 e. The van der Waals surface area contributed by atoms with Gasteiger partial charge in [-0.3, -0.25) is 9.69 Å². The molecule has 0 radical (unpaired) electrons. The Balaban J connectivity index is 1.62. The predicted octanol–water partition coefficient (Wildman–Crippen LogP) is 3.90. The van der Waals surface area contributed by atoms with Gasteiger partial charge in [-0.05, 0) is 42.6 Å². The van der Waals surface area contributed by atoms with Gasteiger partial charge in [-0.15, -0.1) is 11.3 Å². The fourth-order valence-electron chi connectivity index (χ4n) is 2.62. The number of thiophene rings is 1. The van der Waals surface area contributed by atoms with Crippen LogP contribution in [0.4, 0.5) is 0 Å². The lowest BCUT2D eigenvalue weighted by molar-refractivity contribution is -0.132. The summed E-state index contributed by atoms with van der Waals surface area (Å²) in [6.07, 6.45) is 1.66. The largest absolute Gasteiger partial charge is 0.468 e. The lowest BCUT2D eigenvalue weighted by atomic mass is 10.3. The van der Waals surface area contributed by atoms with Crippen LogP contribution in [0.15, 0.2) is 56.9 Å². The molecule has 0 spiro atoms. The summed E-state index contributed by atoms with van der Waals surface area (Å²) in [5.74, 6) is 2.56. The van der Waals surface area contributed by atoms with Crippen molar-refractivity contribution in [3.8, 4) is 0 Å². The van der Waals surface area contributed by atoms with Gasteiger partial charge in [0, 0.05) is 18.5 Å². The minimum atomic E-state index is 0.0529. The summed E-state index contributed by atoms with van der Waals surface area (Å²) in [7, 11) is 1.80. The van der Waals surface area contributed by atoms with Crippen LogP contribution in [0.1, 0.15) is 22.2 Å². The van der Waals surface area contributed by atoms with Gasteiger partial charge in [0.25, 0.3) is 0 Å². The molecule has 5 nitrogen and oxygen atoms in total. The first-order chi connectivity index (χ1) is 12.1. The van der Waals surface area contributed by atoms with Crippen LogP contribution in [0.25, 0.3) is 0 Å². The van der Waals surface area contributed by atoms with Crippen molar-refractivity contribution in [2.24, 2.45) is 0 Å². The number of likely N-dealkylation sites (N-methyl/N-ethyl adjacent to an activating group) is 1. The molecule has 3 aromatic heterocycles. The molecule has 3 rings (SSSR count). The van der Waals surface area contributed by atoms with Gasteiger partial charge in [0.05, 0.1) is 25.9 Å². The minimum absolute atomic E-state index is 0.0529. The predicted molar refractivity (Wildman–Crippen MR) is 97.1 cm³/mol. The molecule has 0 bridgehead atoms. The highest BCUT2D eigenvalue weighted by Gasteiger charge is 2.18. The van der Waals surface area contributed by atoms with E-state index in [2.05, 4.69) is 11.0 Å². The average Bonchev–Trinajstić information content (AvgIpc) is 3.31. The molecule has 0 saturated heterocycles. The maximum absolute atomic E-state index is 12.6. The molecule has 0 saturated carbocycles. The van der Waals surface area contributed by atoms with Crippen LogP contribution in [0.5, 0.6) is 0 Å². The topological polar surface area (TPSA) is 49.8 Å². The number of carbonyl (C=O) groups is 1. The van der Waals surface area contributed by atoms with Crippen LogP contribution in [0, 0.1) is 6.92 Å². The van der Waals surface area contributed by atoms with E-state index < -0.39 is 0 Å². The Hall–Kier alpha value is -2.31. The molecule has 0 aromatic carbocycles. The quantitative estimate of drug-likeness (QED) is 0.613. The van der Waals surface area contributed by atoms with Crippen molar-refractivity contribution in [1.82, 2.24) is 9.80 Å². The van der Waals surface area contributed by atoms with E-state index >= 15 is 0 Å². The highest BCUT2D eigenvalue weighted by molar-refractivity contribution is 7.09.